The second-order valence-corrected chi connectivity index (χ2v) is 5.19. The van der Waals surface area contributed by atoms with Crippen LogP contribution in [-0.2, 0) is 4.79 Å². The van der Waals surface area contributed by atoms with E-state index in [0.717, 1.165) is 13.0 Å². The number of carbonyl (C=O) groups excluding carboxylic acids is 1. The zero-order chi connectivity index (χ0) is 14.5. The van der Waals surface area contributed by atoms with Crippen LogP contribution in [0.1, 0.15) is 18.9 Å². The van der Waals surface area contributed by atoms with Gasteiger partial charge < -0.3 is 10.4 Å². The third kappa shape index (κ3) is 3.16. The fourth-order valence-electron chi connectivity index (χ4n) is 2.64. The van der Waals surface area contributed by atoms with Gasteiger partial charge >= 0.3 is 0 Å². The van der Waals surface area contributed by atoms with Gasteiger partial charge in [0.25, 0.3) is 0 Å². The van der Waals surface area contributed by atoms with Crippen LogP contribution in [-0.4, -0.2) is 41.7 Å². The summed E-state index contributed by atoms with van der Waals surface area (Å²) in [6.07, 6.45) is 0.993. The van der Waals surface area contributed by atoms with Crippen LogP contribution in [0.25, 0.3) is 0 Å². The van der Waals surface area contributed by atoms with Gasteiger partial charge in [0.1, 0.15) is 6.07 Å². The smallest absolute Gasteiger partial charge is 0.238 e. The number of benzene rings is 1. The molecule has 0 spiro atoms. The summed E-state index contributed by atoms with van der Waals surface area (Å²) >= 11 is 0. The van der Waals surface area contributed by atoms with Gasteiger partial charge in [-0.25, -0.2) is 0 Å². The number of para-hydroxylation sites is 1. The van der Waals surface area contributed by atoms with Crippen molar-refractivity contribution in [3.05, 3.63) is 29.8 Å². The quantitative estimate of drug-likeness (QED) is 0.864. The van der Waals surface area contributed by atoms with Gasteiger partial charge in [0.05, 0.1) is 24.4 Å². The zero-order valence-corrected chi connectivity index (χ0v) is 11.5. The van der Waals surface area contributed by atoms with E-state index in [1.807, 2.05) is 4.90 Å². The van der Waals surface area contributed by atoms with Crippen molar-refractivity contribution in [2.24, 2.45) is 5.92 Å². The SMILES string of the molecule is CC1CCN(CC(=O)Nc2ccccc2C#N)C1CO. The van der Waals surface area contributed by atoms with Crippen LogP contribution in [0.4, 0.5) is 5.69 Å². The predicted molar refractivity (Wildman–Crippen MR) is 76.0 cm³/mol. The number of carbonyl (C=O) groups is 1. The molecule has 1 saturated heterocycles. The van der Waals surface area contributed by atoms with E-state index in [9.17, 15) is 9.90 Å². The molecule has 20 heavy (non-hydrogen) atoms. The Bertz CT molecular complexity index is 524. The Hall–Kier alpha value is -1.90. The lowest BCUT2D eigenvalue weighted by Crippen LogP contribution is -2.40. The molecule has 0 radical (unpaired) electrons. The number of nitriles is 1. The first-order chi connectivity index (χ1) is 9.65. The fraction of sp³-hybridized carbons (Fsp3) is 0.467. The molecule has 2 N–H and O–H groups in total. The molecule has 1 aliphatic rings. The summed E-state index contributed by atoms with van der Waals surface area (Å²) in [5.74, 6) is 0.249. The van der Waals surface area contributed by atoms with E-state index in [2.05, 4.69) is 18.3 Å². The molecule has 1 fully saturated rings. The lowest BCUT2D eigenvalue weighted by Gasteiger charge is -2.24. The van der Waals surface area contributed by atoms with Crippen LogP contribution in [0, 0.1) is 17.2 Å². The summed E-state index contributed by atoms with van der Waals surface area (Å²) in [7, 11) is 0. The molecule has 2 unspecified atom stereocenters. The molecule has 106 valence electrons. The normalized spacial score (nSPS) is 22.4. The molecule has 0 saturated carbocycles. The van der Waals surface area contributed by atoms with E-state index in [1.165, 1.54) is 0 Å². The van der Waals surface area contributed by atoms with Crippen molar-refractivity contribution >= 4 is 11.6 Å². The molecule has 2 atom stereocenters. The molecular weight excluding hydrogens is 254 g/mol. The van der Waals surface area contributed by atoms with E-state index in [4.69, 9.17) is 5.26 Å². The highest BCUT2D eigenvalue weighted by Crippen LogP contribution is 2.23. The van der Waals surface area contributed by atoms with Crippen LogP contribution in [0.15, 0.2) is 24.3 Å². The van der Waals surface area contributed by atoms with Crippen LogP contribution in [0.2, 0.25) is 0 Å². The number of nitrogens with one attached hydrogen (secondary N) is 1. The molecule has 1 heterocycles. The number of hydrogen-bond acceptors (Lipinski definition) is 4. The highest BCUT2D eigenvalue weighted by atomic mass is 16.3. The number of aliphatic hydroxyl groups is 1. The van der Waals surface area contributed by atoms with Crippen molar-refractivity contribution in [3.63, 3.8) is 0 Å². The standard InChI is InChI=1S/C15H19N3O2/c1-11-6-7-18(14(11)10-19)9-15(20)17-13-5-3-2-4-12(13)8-16/h2-5,11,14,19H,6-7,9-10H2,1H3,(H,17,20). The van der Waals surface area contributed by atoms with Crippen molar-refractivity contribution in [1.82, 2.24) is 4.90 Å². The van der Waals surface area contributed by atoms with Crippen LogP contribution >= 0.6 is 0 Å². The summed E-state index contributed by atoms with van der Waals surface area (Å²) in [6.45, 7) is 3.22. The van der Waals surface area contributed by atoms with Gasteiger partial charge in [-0.05, 0) is 31.0 Å². The van der Waals surface area contributed by atoms with Gasteiger partial charge in [0, 0.05) is 6.04 Å². The maximum atomic E-state index is 12.1. The summed E-state index contributed by atoms with van der Waals surface area (Å²) < 4.78 is 0. The van der Waals surface area contributed by atoms with Gasteiger partial charge in [-0.1, -0.05) is 19.1 Å². The van der Waals surface area contributed by atoms with Gasteiger partial charge in [-0.15, -0.1) is 0 Å². The molecular formula is C15H19N3O2. The predicted octanol–water partition coefficient (Wildman–Crippen LogP) is 1.20. The summed E-state index contributed by atoms with van der Waals surface area (Å²) in [5.41, 5.74) is 0.988. The molecule has 5 nitrogen and oxygen atoms in total. The third-order valence-corrected chi connectivity index (χ3v) is 3.85. The summed E-state index contributed by atoms with van der Waals surface area (Å²) in [5, 5.41) is 21.1. The van der Waals surface area contributed by atoms with E-state index in [1.54, 1.807) is 24.3 Å². The lowest BCUT2D eigenvalue weighted by atomic mass is 10.0. The Kier molecular flexibility index (Phi) is 4.72. The van der Waals surface area contributed by atoms with Crippen LogP contribution < -0.4 is 5.32 Å². The molecule has 5 heteroatoms. The zero-order valence-electron chi connectivity index (χ0n) is 11.5. The number of amides is 1. The number of anilines is 1. The van der Waals surface area contributed by atoms with Crippen molar-refractivity contribution < 1.29 is 9.90 Å². The second-order valence-electron chi connectivity index (χ2n) is 5.19. The van der Waals surface area contributed by atoms with Crippen molar-refractivity contribution in [1.29, 1.82) is 5.26 Å². The third-order valence-electron chi connectivity index (χ3n) is 3.85. The maximum absolute atomic E-state index is 12.1. The van der Waals surface area contributed by atoms with Crippen molar-refractivity contribution in [2.75, 3.05) is 25.0 Å². The first-order valence-electron chi connectivity index (χ1n) is 6.79. The average Bonchev–Trinajstić information content (AvgIpc) is 2.79. The van der Waals surface area contributed by atoms with Crippen LogP contribution in [0.3, 0.4) is 0 Å². The number of rotatable bonds is 4. The minimum atomic E-state index is -0.153. The molecule has 0 bridgehead atoms. The van der Waals surface area contributed by atoms with E-state index < -0.39 is 0 Å². The molecule has 1 aromatic rings. The summed E-state index contributed by atoms with van der Waals surface area (Å²) in [4.78, 5) is 14.1. The van der Waals surface area contributed by atoms with E-state index in [0.29, 0.717) is 17.2 Å². The monoisotopic (exact) mass is 273 g/mol. The van der Waals surface area contributed by atoms with E-state index in [-0.39, 0.29) is 25.1 Å². The topological polar surface area (TPSA) is 76.4 Å². The Morgan fingerprint density at radius 1 is 1.55 bits per heavy atom. The average molecular weight is 273 g/mol. The minimum Gasteiger partial charge on any atom is -0.395 e. The molecule has 2 rings (SSSR count). The van der Waals surface area contributed by atoms with Crippen LogP contribution in [0.5, 0.6) is 0 Å². The first kappa shape index (κ1) is 14.5. The number of likely N-dealkylation sites (tertiary alicyclic amines) is 1. The summed E-state index contributed by atoms with van der Waals surface area (Å²) in [6, 6.07) is 9.03. The van der Waals surface area contributed by atoms with E-state index >= 15 is 0 Å². The molecule has 1 amide bonds. The van der Waals surface area contributed by atoms with Gasteiger partial charge in [0.2, 0.25) is 5.91 Å². The first-order valence-corrected chi connectivity index (χ1v) is 6.79. The Labute approximate surface area is 118 Å². The highest BCUT2D eigenvalue weighted by molar-refractivity contribution is 5.93. The van der Waals surface area contributed by atoms with Gasteiger partial charge in [-0.3, -0.25) is 9.69 Å². The largest absolute Gasteiger partial charge is 0.395 e. The highest BCUT2D eigenvalue weighted by Gasteiger charge is 2.31. The Balaban J connectivity index is 1.98. The number of nitrogens with zero attached hydrogens (tertiary/aromatic N) is 2. The Morgan fingerprint density at radius 3 is 3.00 bits per heavy atom. The minimum absolute atomic E-state index is 0.0481. The fourth-order valence-corrected chi connectivity index (χ4v) is 2.64. The van der Waals surface area contributed by atoms with Crippen molar-refractivity contribution in [3.8, 4) is 6.07 Å². The molecule has 0 aromatic heterocycles. The number of aliphatic hydroxyl groups excluding tert-OH is 1. The number of hydrogen-bond donors (Lipinski definition) is 2. The second kappa shape index (κ2) is 6.51. The molecule has 1 aliphatic heterocycles. The lowest BCUT2D eigenvalue weighted by molar-refractivity contribution is -0.117. The molecule has 0 aliphatic carbocycles. The van der Waals surface area contributed by atoms with Gasteiger partial charge in [0.15, 0.2) is 0 Å². The Morgan fingerprint density at radius 2 is 2.30 bits per heavy atom. The van der Waals surface area contributed by atoms with Crippen molar-refractivity contribution in [2.45, 2.75) is 19.4 Å². The maximum Gasteiger partial charge on any atom is 0.238 e. The molecule has 1 aromatic carbocycles. The van der Waals surface area contributed by atoms with Gasteiger partial charge in [-0.2, -0.15) is 5.26 Å².